The van der Waals surface area contributed by atoms with Gasteiger partial charge in [-0.25, -0.2) is 4.79 Å². The van der Waals surface area contributed by atoms with Gasteiger partial charge in [-0.15, -0.1) is 0 Å². The lowest BCUT2D eigenvalue weighted by Gasteiger charge is -2.34. The first-order chi connectivity index (χ1) is 15.4. The van der Waals surface area contributed by atoms with Crippen molar-refractivity contribution in [2.75, 3.05) is 53.6 Å². The second kappa shape index (κ2) is 10.3. The lowest BCUT2D eigenvalue weighted by Crippen LogP contribution is -2.50. The summed E-state index contributed by atoms with van der Waals surface area (Å²) in [7, 11) is 3.11. The number of esters is 1. The van der Waals surface area contributed by atoms with Crippen LogP contribution in [0.5, 0.6) is 5.75 Å². The number of nitrogens with zero attached hydrogens (tertiary/aromatic N) is 2. The molecule has 2 amide bonds. The van der Waals surface area contributed by atoms with Gasteiger partial charge in [-0.05, 0) is 43.7 Å². The highest BCUT2D eigenvalue weighted by Crippen LogP contribution is 2.21. The van der Waals surface area contributed by atoms with Crippen molar-refractivity contribution in [1.29, 1.82) is 0 Å². The summed E-state index contributed by atoms with van der Waals surface area (Å²) in [6.07, 6.45) is 0. The molecule has 0 bridgehead atoms. The Hall–Kier alpha value is -3.33. The van der Waals surface area contributed by atoms with Crippen molar-refractivity contribution >= 4 is 17.8 Å². The fourth-order valence-electron chi connectivity index (χ4n) is 3.75. The smallest absolute Gasteiger partial charge is 0.340 e. The number of carbonyl (C=O) groups is 3. The Morgan fingerprint density at radius 3 is 2.06 bits per heavy atom. The number of H-pyrrole nitrogens is 1. The predicted octanol–water partition coefficient (Wildman–Crippen LogP) is 2.04. The highest BCUT2D eigenvalue weighted by Gasteiger charge is 2.29. The Balaban J connectivity index is 1.63. The van der Waals surface area contributed by atoms with E-state index < -0.39 is 5.97 Å². The molecule has 0 aliphatic carbocycles. The van der Waals surface area contributed by atoms with Crippen LogP contribution in [0.2, 0.25) is 0 Å². The molecular weight excluding hydrogens is 414 g/mol. The van der Waals surface area contributed by atoms with Crippen molar-refractivity contribution in [3.8, 4) is 5.75 Å². The third-order valence-electron chi connectivity index (χ3n) is 5.57. The topological polar surface area (TPSA) is 101 Å². The van der Waals surface area contributed by atoms with Gasteiger partial charge in [-0.3, -0.25) is 9.59 Å². The van der Waals surface area contributed by atoms with Crippen molar-refractivity contribution in [1.82, 2.24) is 14.8 Å². The molecule has 1 aromatic heterocycles. The van der Waals surface area contributed by atoms with E-state index in [0.717, 1.165) is 0 Å². The maximum absolute atomic E-state index is 13.1. The first-order valence-corrected chi connectivity index (χ1v) is 10.4. The molecule has 0 saturated carbocycles. The minimum atomic E-state index is -0.484. The SMILES string of the molecule is COCCOC(=O)c1c(C)[nH]c(C(=O)N2CCN(C(=O)c3ccc(OC)cc3)CC2)c1C. The zero-order valence-corrected chi connectivity index (χ0v) is 18.9. The number of benzene rings is 1. The number of methoxy groups -OCH3 is 2. The number of carbonyl (C=O) groups excluding carboxylic acids is 3. The zero-order valence-electron chi connectivity index (χ0n) is 18.9. The molecule has 0 radical (unpaired) electrons. The van der Waals surface area contributed by atoms with Crippen LogP contribution in [0.1, 0.15) is 42.5 Å². The third kappa shape index (κ3) is 4.94. The average molecular weight is 444 g/mol. The van der Waals surface area contributed by atoms with E-state index in [1.54, 1.807) is 55.0 Å². The summed E-state index contributed by atoms with van der Waals surface area (Å²) in [4.78, 5) is 44.7. The molecule has 32 heavy (non-hydrogen) atoms. The molecule has 9 nitrogen and oxygen atoms in total. The number of nitrogens with one attached hydrogen (secondary N) is 1. The van der Waals surface area contributed by atoms with Crippen LogP contribution in [0.15, 0.2) is 24.3 Å². The van der Waals surface area contributed by atoms with E-state index in [1.165, 1.54) is 7.11 Å². The number of piperazine rings is 1. The van der Waals surface area contributed by atoms with Gasteiger partial charge >= 0.3 is 5.97 Å². The van der Waals surface area contributed by atoms with E-state index in [9.17, 15) is 14.4 Å². The Morgan fingerprint density at radius 1 is 0.906 bits per heavy atom. The van der Waals surface area contributed by atoms with Crippen molar-refractivity contribution < 1.29 is 28.6 Å². The molecule has 172 valence electrons. The van der Waals surface area contributed by atoms with Gasteiger partial charge in [0.2, 0.25) is 0 Å². The van der Waals surface area contributed by atoms with Crippen LogP contribution in [0.25, 0.3) is 0 Å². The van der Waals surface area contributed by atoms with Crippen molar-refractivity contribution in [2.24, 2.45) is 0 Å². The minimum absolute atomic E-state index is 0.0762. The molecular formula is C23H29N3O6. The molecule has 0 unspecified atom stereocenters. The number of amides is 2. The Kier molecular flexibility index (Phi) is 7.53. The van der Waals surface area contributed by atoms with Gasteiger partial charge in [0.1, 0.15) is 18.1 Å². The van der Waals surface area contributed by atoms with Gasteiger partial charge in [0.15, 0.2) is 0 Å². The molecule has 1 saturated heterocycles. The van der Waals surface area contributed by atoms with Gasteiger partial charge in [0.25, 0.3) is 11.8 Å². The number of hydrogen-bond donors (Lipinski definition) is 1. The molecule has 1 fully saturated rings. The largest absolute Gasteiger partial charge is 0.497 e. The standard InChI is InChI=1S/C23H29N3O6/c1-15-19(23(29)32-14-13-30-3)16(2)24-20(15)22(28)26-11-9-25(10-12-26)21(27)17-5-7-18(31-4)8-6-17/h5-8,24H,9-14H2,1-4H3. The van der Waals surface area contributed by atoms with Crippen LogP contribution in [-0.4, -0.2) is 86.2 Å². The molecule has 1 aromatic carbocycles. The average Bonchev–Trinajstić information content (AvgIpc) is 3.12. The molecule has 2 aromatic rings. The summed E-state index contributed by atoms with van der Waals surface area (Å²) in [5.74, 6) is -0.0661. The number of aromatic nitrogens is 1. The van der Waals surface area contributed by atoms with Gasteiger partial charge in [-0.2, -0.15) is 0 Å². The van der Waals surface area contributed by atoms with E-state index in [4.69, 9.17) is 14.2 Å². The predicted molar refractivity (Wildman–Crippen MR) is 117 cm³/mol. The van der Waals surface area contributed by atoms with Crippen LogP contribution in [0, 0.1) is 13.8 Å². The third-order valence-corrected chi connectivity index (χ3v) is 5.57. The van der Waals surface area contributed by atoms with Crippen LogP contribution in [0.3, 0.4) is 0 Å². The van der Waals surface area contributed by atoms with E-state index in [1.807, 2.05) is 0 Å². The summed E-state index contributed by atoms with van der Waals surface area (Å²) < 4.78 is 15.2. The van der Waals surface area contributed by atoms with Gasteiger partial charge < -0.3 is 29.0 Å². The van der Waals surface area contributed by atoms with Crippen LogP contribution in [-0.2, 0) is 9.47 Å². The van der Waals surface area contributed by atoms with Crippen molar-refractivity contribution in [3.63, 3.8) is 0 Å². The van der Waals surface area contributed by atoms with Gasteiger partial charge in [0, 0.05) is 44.5 Å². The number of aryl methyl sites for hydroxylation is 1. The lowest BCUT2D eigenvalue weighted by molar-refractivity contribution is 0.0386. The lowest BCUT2D eigenvalue weighted by atomic mass is 10.1. The van der Waals surface area contributed by atoms with Gasteiger partial charge in [0.05, 0.1) is 19.3 Å². The molecule has 1 aliphatic rings. The highest BCUT2D eigenvalue weighted by molar-refractivity contribution is 6.01. The summed E-state index contributed by atoms with van der Waals surface area (Å²) in [6, 6.07) is 6.97. The highest BCUT2D eigenvalue weighted by atomic mass is 16.6. The normalized spacial score (nSPS) is 13.8. The Morgan fingerprint density at radius 2 is 1.50 bits per heavy atom. The van der Waals surface area contributed by atoms with E-state index in [2.05, 4.69) is 4.98 Å². The quantitative estimate of drug-likeness (QED) is 0.519. The van der Waals surface area contributed by atoms with E-state index in [0.29, 0.717) is 66.6 Å². The molecule has 1 N–H and O–H groups in total. The van der Waals surface area contributed by atoms with E-state index >= 15 is 0 Å². The molecule has 9 heteroatoms. The maximum atomic E-state index is 13.1. The van der Waals surface area contributed by atoms with Crippen LogP contribution in [0.4, 0.5) is 0 Å². The second-order valence-corrected chi connectivity index (χ2v) is 7.57. The number of rotatable bonds is 7. The zero-order chi connectivity index (χ0) is 23.3. The number of hydrogen-bond acceptors (Lipinski definition) is 6. The summed E-state index contributed by atoms with van der Waals surface area (Å²) in [6.45, 7) is 5.60. The summed E-state index contributed by atoms with van der Waals surface area (Å²) in [5, 5.41) is 0. The van der Waals surface area contributed by atoms with Crippen molar-refractivity contribution in [2.45, 2.75) is 13.8 Å². The molecule has 1 aliphatic heterocycles. The molecule has 2 heterocycles. The fourth-order valence-corrected chi connectivity index (χ4v) is 3.75. The Labute approximate surface area is 187 Å². The minimum Gasteiger partial charge on any atom is -0.497 e. The first kappa shape index (κ1) is 23.3. The maximum Gasteiger partial charge on any atom is 0.340 e. The molecule has 3 rings (SSSR count). The first-order valence-electron chi connectivity index (χ1n) is 10.4. The van der Waals surface area contributed by atoms with Crippen LogP contribution < -0.4 is 4.74 Å². The summed E-state index contributed by atoms with van der Waals surface area (Å²) >= 11 is 0. The molecule has 0 spiro atoms. The van der Waals surface area contributed by atoms with E-state index in [-0.39, 0.29) is 18.4 Å². The van der Waals surface area contributed by atoms with Crippen molar-refractivity contribution in [3.05, 3.63) is 52.3 Å². The fraction of sp³-hybridized carbons (Fsp3) is 0.435. The Bertz CT molecular complexity index is 974. The monoisotopic (exact) mass is 443 g/mol. The molecule has 0 atom stereocenters. The number of ether oxygens (including phenoxy) is 3. The second-order valence-electron chi connectivity index (χ2n) is 7.57. The van der Waals surface area contributed by atoms with Gasteiger partial charge in [-0.1, -0.05) is 0 Å². The number of aromatic amines is 1. The van der Waals surface area contributed by atoms with Crippen LogP contribution >= 0.6 is 0 Å². The summed E-state index contributed by atoms with van der Waals surface area (Å²) in [5.41, 5.74) is 2.47.